The van der Waals surface area contributed by atoms with Gasteiger partial charge in [-0.25, -0.2) is 9.48 Å². The number of rotatable bonds is 5. The minimum absolute atomic E-state index is 0.0300. The number of piperidine rings is 1. The van der Waals surface area contributed by atoms with Crippen molar-refractivity contribution in [1.29, 1.82) is 0 Å². The van der Waals surface area contributed by atoms with Gasteiger partial charge in [0.25, 0.3) is 5.91 Å². The second kappa shape index (κ2) is 9.98. The molecule has 172 valence electrons. The number of aromatic nitrogens is 2. The lowest BCUT2D eigenvalue weighted by molar-refractivity contribution is 0.0518. The molecule has 1 amide bonds. The first kappa shape index (κ1) is 23.3. The summed E-state index contributed by atoms with van der Waals surface area (Å²) in [5.74, 6) is -0.490. The number of esters is 1. The number of nitrogens with zero attached hydrogens (tertiary/aromatic N) is 3. The maximum Gasteiger partial charge on any atom is 0.358 e. The Morgan fingerprint density at radius 1 is 1.09 bits per heavy atom. The number of hydrogen-bond acceptors (Lipinski definition) is 4. The summed E-state index contributed by atoms with van der Waals surface area (Å²) in [6, 6.07) is 14.2. The summed E-state index contributed by atoms with van der Waals surface area (Å²) in [6.45, 7) is 4.86. The Morgan fingerprint density at radius 3 is 2.52 bits per heavy atom. The third kappa shape index (κ3) is 4.92. The van der Waals surface area contributed by atoms with E-state index in [4.69, 9.17) is 27.9 Å². The topological polar surface area (TPSA) is 64.4 Å². The molecule has 0 radical (unpaired) electrons. The standard InChI is InChI=1S/C25H25Cl2N3O3/c1-3-33-25(32)22-15-23(20-12-9-18(26)14-21(20)27)30(28-22)19-10-7-17(8-11-19)24(31)29-13-5-4-6-16(29)2/h7-12,14-16H,3-6,13H2,1-2H3/t16-/m0/s1. The number of ether oxygens (including phenoxy) is 1. The Hall–Kier alpha value is -2.83. The molecule has 0 N–H and O–H groups in total. The molecular formula is C25H25Cl2N3O3. The first-order valence-electron chi connectivity index (χ1n) is 11.0. The number of hydrogen-bond donors (Lipinski definition) is 0. The molecule has 4 rings (SSSR count). The third-order valence-electron chi connectivity index (χ3n) is 5.82. The van der Waals surface area contributed by atoms with Crippen LogP contribution in [0.15, 0.2) is 48.5 Å². The van der Waals surface area contributed by atoms with Crippen molar-refractivity contribution < 1.29 is 14.3 Å². The Kier molecular flexibility index (Phi) is 7.05. The lowest BCUT2D eigenvalue weighted by Crippen LogP contribution is -2.42. The highest BCUT2D eigenvalue weighted by Gasteiger charge is 2.24. The van der Waals surface area contributed by atoms with Gasteiger partial charge in [-0.3, -0.25) is 4.79 Å². The second-order valence-electron chi connectivity index (χ2n) is 8.06. The molecule has 8 heteroatoms. The molecule has 1 aromatic heterocycles. The second-order valence-corrected chi connectivity index (χ2v) is 8.91. The Morgan fingerprint density at radius 2 is 1.85 bits per heavy atom. The molecule has 6 nitrogen and oxygen atoms in total. The zero-order valence-corrected chi connectivity index (χ0v) is 20.1. The van der Waals surface area contributed by atoms with Gasteiger partial charge in [0.1, 0.15) is 0 Å². The van der Waals surface area contributed by atoms with Crippen LogP contribution in [0.5, 0.6) is 0 Å². The molecule has 1 saturated heterocycles. The predicted molar refractivity (Wildman–Crippen MR) is 129 cm³/mol. The van der Waals surface area contributed by atoms with Crippen LogP contribution in [-0.2, 0) is 4.74 Å². The van der Waals surface area contributed by atoms with Crippen molar-refractivity contribution in [1.82, 2.24) is 14.7 Å². The molecule has 1 fully saturated rings. The largest absolute Gasteiger partial charge is 0.461 e. The normalized spacial score (nSPS) is 16.0. The van der Waals surface area contributed by atoms with Crippen molar-refractivity contribution in [2.45, 2.75) is 39.2 Å². The summed E-state index contributed by atoms with van der Waals surface area (Å²) < 4.78 is 6.75. The van der Waals surface area contributed by atoms with Crippen LogP contribution in [-0.4, -0.2) is 45.8 Å². The van der Waals surface area contributed by atoms with Gasteiger partial charge in [0.05, 0.1) is 23.0 Å². The van der Waals surface area contributed by atoms with E-state index in [0.717, 1.165) is 25.8 Å². The molecule has 1 atom stereocenters. The quantitative estimate of drug-likeness (QED) is 0.413. The van der Waals surface area contributed by atoms with E-state index < -0.39 is 5.97 Å². The number of likely N-dealkylation sites (tertiary alicyclic amines) is 1. The van der Waals surface area contributed by atoms with E-state index in [-0.39, 0.29) is 24.2 Å². The van der Waals surface area contributed by atoms with E-state index in [2.05, 4.69) is 12.0 Å². The van der Waals surface area contributed by atoms with Crippen molar-refractivity contribution in [2.75, 3.05) is 13.2 Å². The fourth-order valence-electron chi connectivity index (χ4n) is 4.08. The fourth-order valence-corrected chi connectivity index (χ4v) is 4.59. The molecular weight excluding hydrogens is 461 g/mol. The maximum absolute atomic E-state index is 13.0. The van der Waals surface area contributed by atoms with Gasteiger partial charge in [0.15, 0.2) is 5.69 Å². The Balaban J connectivity index is 1.71. The minimum atomic E-state index is -0.520. The van der Waals surface area contributed by atoms with Gasteiger partial charge in [-0.1, -0.05) is 23.2 Å². The molecule has 0 aliphatic carbocycles. The van der Waals surface area contributed by atoms with Crippen molar-refractivity contribution in [3.63, 3.8) is 0 Å². The van der Waals surface area contributed by atoms with Crippen LogP contribution < -0.4 is 0 Å². The summed E-state index contributed by atoms with van der Waals surface area (Å²) in [6.07, 6.45) is 3.21. The molecule has 1 aliphatic rings. The molecule has 33 heavy (non-hydrogen) atoms. The van der Waals surface area contributed by atoms with Crippen LogP contribution in [0.2, 0.25) is 10.0 Å². The number of carbonyl (C=O) groups excluding carboxylic acids is 2. The summed E-state index contributed by atoms with van der Waals surface area (Å²) in [5, 5.41) is 5.42. The van der Waals surface area contributed by atoms with Gasteiger partial charge in [0, 0.05) is 28.7 Å². The number of benzene rings is 2. The molecule has 0 saturated carbocycles. The maximum atomic E-state index is 13.0. The Bertz CT molecular complexity index is 1170. The summed E-state index contributed by atoms with van der Waals surface area (Å²) in [5.41, 5.74) is 2.76. The number of carbonyl (C=O) groups is 2. The molecule has 2 aromatic carbocycles. The van der Waals surface area contributed by atoms with Crippen molar-refractivity contribution in [3.8, 4) is 16.9 Å². The van der Waals surface area contributed by atoms with Gasteiger partial charge >= 0.3 is 5.97 Å². The van der Waals surface area contributed by atoms with Gasteiger partial charge in [-0.15, -0.1) is 0 Å². The zero-order chi connectivity index (χ0) is 23.5. The van der Waals surface area contributed by atoms with E-state index in [1.165, 1.54) is 0 Å². The van der Waals surface area contributed by atoms with E-state index in [9.17, 15) is 9.59 Å². The highest BCUT2D eigenvalue weighted by atomic mass is 35.5. The smallest absolute Gasteiger partial charge is 0.358 e. The third-order valence-corrected chi connectivity index (χ3v) is 6.37. The van der Waals surface area contributed by atoms with Crippen LogP contribution in [0, 0.1) is 0 Å². The Labute approximate surface area is 203 Å². The molecule has 0 spiro atoms. The number of amides is 1. The van der Waals surface area contributed by atoms with Crippen LogP contribution >= 0.6 is 23.2 Å². The summed E-state index contributed by atoms with van der Waals surface area (Å²) in [7, 11) is 0. The van der Waals surface area contributed by atoms with Crippen LogP contribution in [0.25, 0.3) is 16.9 Å². The molecule has 0 bridgehead atoms. The average molecular weight is 486 g/mol. The van der Waals surface area contributed by atoms with Gasteiger partial charge in [-0.2, -0.15) is 5.10 Å². The molecule has 2 heterocycles. The predicted octanol–water partition coefficient (Wildman–Crippen LogP) is 6.04. The fraction of sp³-hybridized carbons (Fsp3) is 0.320. The lowest BCUT2D eigenvalue weighted by atomic mass is 10.0. The van der Waals surface area contributed by atoms with E-state index in [0.29, 0.717) is 32.6 Å². The summed E-state index contributed by atoms with van der Waals surface area (Å²) >= 11 is 12.5. The first-order valence-corrected chi connectivity index (χ1v) is 11.8. The van der Waals surface area contributed by atoms with Gasteiger partial charge in [0.2, 0.25) is 0 Å². The van der Waals surface area contributed by atoms with E-state index in [1.807, 2.05) is 17.0 Å². The highest BCUT2D eigenvalue weighted by molar-refractivity contribution is 6.36. The molecule has 3 aromatic rings. The van der Waals surface area contributed by atoms with E-state index >= 15 is 0 Å². The SMILES string of the molecule is CCOC(=O)c1cc(-c2ccc(Cl)cc2Cl)n(-c2ccc(C(=O)N3CCCC[C@@H]3C)cc2)n1. The van der Waals surface area contributed by atoms with Gasteiger partial charge in [-0.05, 0) is 81.6 Å². The number of halogens is 2. The average Bonchev–Trinajstić information content (AvgIpc) is 3.24. The van der Waals surface area contributed by atoms with Crippen LogP contribution in [0.4, 0.5) is 0 Å². The van der Waals surface area contributed by atoms with Crippen molar-refractivity contribution >= 4 is 35.1 Å². The molecule has 0 unspecified atom stereocenters. The lowest BCUT2D eigenvalue weighted by Gasteiger charge is -2.33. The summed E-state index contributed by atoms with van der Waals surface area (Å²) in [4.78, 5) is 27.3. The minimum Gasteiger partial charge on any atom is -0.461 e. The van der Waals surface area contributed by atoms with Crippen LogP contribution in [0.1, 0.15) is 54.0 Å². The van der Waals surface area contributed by atoms with E-state index in [1.54, 1.807) is 48.0 Å². The van der Waals surface area contributed by atoms with Crippen LogP contribution in [0.3, 0.4) is 0 Å². The van der Waals surface area contributed by atoms with Gasteiger partial charge < -0.3 is 9.64 Å². The van der Waals surface area contributed by atoms with Crippen molar-refractivity contribution in [3.05, 3.63) is 69.8 Å². The monoisotopic (exact) mass is 485 g/mol. The first-order chi connectivity index (χ1) is 15.9. The highest BCUT2D eigenvalue weighted by Crippen LogP contribution is 2.32. The molecule has 1 aliphatic heterocycles. The van der Waals surface area contributed by atoms with Crippen molar-refractivity contribution in [2.24, 2.45) is 0 Å². The zero-order valence-electron chi connectivity index (χ0n) is 18.6.